The van der Waals surface area contributed by atoms with Gasteiger partial charge in [-0.05, 0) is 29.7 Å². The largest absolute Gasteiger partial charge is 0.369 e. The van der Waals surface area contributed by atoms with Gasteiger partial charge in [0, 0.05) is 19.3 Å². The zero-order valence-corrected chi connectivity index (χ0v) is 14.0. The summed E-state index contributed by atoms with van der Waals surface area (Å²) < 4.78 is 0. The maximum Gasteiger partial charge on any atom is 0.255 e. The lowest BCUT2D eigenvalue weighted by Crippen LogP contribution is -2.24. The highest BCUT2D eigenvalue weighted by Gasteiger charge is 2.11. The standard InChI is InChI=1S/C21H21N3O/c25-21(24-16-18-10-5-2-6-11-18)19-12-7-14-22-20(19)23-15-13-17-8-3-1-4-9-17/h1-12,14H,13,15-16H2,(H,22,23)(H,24,25). The van der Waals surface area contributed by atoms with Gasteiger partial charge in [0.05, 0.1) is 5.56 Å². The SMILES string of the molecule is O=C(NCc1ccccc1)c1cccnc1NCCc1ccccc1. The Morgan fingerprint density at radius 3 is 2.24 bits per heavy atom. The van der Waals surface area contributed by atoms with Gasteiger partial charge in [0.25, 0.3) is 5.91 Å². The first-order valence-corrected chi connectivity index (χ1v) is 8.38. The summed E-state index contributed by atoms with van der Waals surface area (Å²) in [6.07, 6.45) is 2.57. The topological polar surface area (TPSA) is 54.0 Å². The normalized spacial score (nSPS) is 10.2. The van der Waals surface area contributed by atoms with Gasteiger partial charge in [-0.2, -0.15) is 0 Å². The zero-order chi connectivity index (χ0) is 17.3. The van der Waals surface area contributed by atoms with Crippen LogP contribution in [0.1, 0.15) is 21.5 Å². The lowest BCUT2D eigenvalue weighted by atomic mass is 10.1. The molecule has 0 fully saturated rings. The highest BCUT2D eigenvalue weighted by molar-refractivity contribution is 5.98. The van der Waals surface area contributed by atoms with Gasteiger partial charge in [-0.25, -0.2) is 4.98 Å². The minimum atomic E-state index is -0.126. The van der Waals surface area contributed by atoms with Crippen LogP contribution in [0.4, 0.5) is 5.82 Å². The predicted molar refractivity (Wildman–Crippen MR) is 100 cm³/mol. The first-order valence-electron chi connectivity index (χ1n) is 8.38. The monoisotopic (exact) mass is 331 g/mol. The second-order valence-electron chi connectivity index (χ2n) is 5.73. The molecule has 3 aromatic rings. The van der Waals surface area contributed by atoms with Crippen LogP contribution in [0.15, 0.2) is 79.0 Å². The molecule has 0 aliphatic carbocycles. The number of anilines is 1. The van der Waals surface area contributed by atoms with E-state index in [4.69, 9.17) is 0 Å². The van der Waals surface area contributed by atoms with Gasteiger partial charge >= 0.3 is 0 Å². The molecule has 0 atom stereocenters. The van der Waals surface area contributed by atoms with Crippen LogP contribution in [-0.4, -0.2) is 17.4 Å². The number of benzene rings is 2. The number of carbonyl (C=O) groups excluding carboxylic acids is 1. The summed E-state index contributed by atoms with van der Waals surface area (Å²) in [4.78, 5) is 16.8. The predicted octanol–water partition coefficient (Wildman–Crippen LogP) is 3.67. The molecule has 4 nitrogen and oxygen atoms in total. The van der Waals surface area contributed by atoms with E-state index in [1.165, 1.54) is 5.56 Å². The van der Waals surface area contributed by atoms with Crippen molar-refractivity contribution in [2.75, 3.05) is 11.9 Å². The molecule has 25 heavy (non-hydrogen) atoms. The molecule has 3 rings (SSSR count). The molecule has 0 radical (unpaired) electrons. The van der Waals surface area contributed by atoms with Crippen molar-refractivity contribution in [2.45, 2.75) is 13.0 Å². The molecule has 126 valence electrons. The second kappa shape index (κ2) is 8.64. The van der Waals surface area contributed by atoms with Gasteiger partial charge < -0.3 is 10.6 Å². The summed E-state index contributed by atoms with van der Waals surface area (Å²) in [7, 11) is 0. The Kier molecular flexibility index (Phi) is 5.77. The average molecular weight is 331 g/mol. The Hall–Kier alpha value is -3.14. The van der Waals surface area contributed by atoms with Crippen molar-refractivity contribution in [1.29, 1.82) is 0 Å². The second-order valence-corrected chi connectivity index (χ2v) is 5.73. The summed E-state index contributed by atoms with van der Waals surface area (Å²) in [6.45, 7) is 1.22. The summed E-state index contributed by atoms with van der Waals surface area (Å²) in [5.74, 6) is 0.489. The lowest BCUT2D eigenvalue weighted by molar-refractivity contribution is 0.0951. The van der Waals surface area contributed by atoms with Crippen LogP contribution in [-0.2, 0) is 13.0 Å². The molecule has 0 unspecified atom stereocenters. The molecule has 4 heteroatoms. The molecule has 1 aromatic heterocycles. The number of hydrogen-bond donors (Lipinski definition) is 2. The lowest BCUT2D eigenvalue weighted by Gasteiger charge is -2.11. The Morgan fingerprint density at radius 1 is 0.840 bits per heavy atom. The molecule has 1 amide bonds. The molecule has 2 N–H and O–H groups in total. The Balaban J connectivity index is 1.59. The zero-order valence-electron chi connectivity index (χ0n) is 14.0. The van der Waals surface area contributed by atoms with E-state index in [2.05, 4.69) is 27.8 Å². The number of amides is 1. The minimum absolute atomic E-state index is 0.126. The fourth-order valence-corrected chi connectivity index (χ4v) is 2.57. The maximum absolute atomic E-state index is 12.5. The van der Waals surface area contributed by atoms with Crippen LogP contribution in [0.25, 0.3) is 0 Å². The first-order chi connectivity index (χ1) is 12.3. The third-order valence-electron chi connectivity index (χ3n) is 3.90. The number of aromatic nitrogens is 1. The molecule has 0 spiro atoms. The fraction of sp³-hybridized carbons (Fsp3) is 0.143. The fourth-order valence-electron chi connectivity index (χ4n) is 2.57. The van der Waals surface area contributed by atoms with Crippen LogP contribution in [0.2, 0.25) is 0 Å². The van der Waals surface area contributed by atoms with Crippen LogP contribution in [0, 0.1) is 0 Å². The minimum Gasteiger partial charge on any atom is -0.369 e. The van der Waals surface area contributed by atoms with Gasteiger partial charge in [0.2, 0.25) is 0 Å². The van der Waals surface area contributed by atoms with Crippen molar-refractivity contribution in [2.24, 2.45) is 0 Å². The van der Waals surface area contributed by atoms with E-state index in [1.807, 2.05) is 48.5 Å². The van der Waals surface area contributed by atoms with Crippen LogP contribution in [0.3, 0.4) is 0 Å². The van der Waals surface area contributed by atoms with Crippen molar-refractivity contribution in [3.05, 3.63) is 95.7 Å². The average Bonchev–Trinajstić information content (AvgIpc) is 2.68. The third-order valence-corrected chi connectivity index (χ3v) is 3.90. The van der Waals surface area contributed by atoms with Crippen LogP contribution >= 0.6 is 0 Å². The summed E-state index contributed by atoms with van der Waals surface area (Å²) in [5.41, 5.74) is 2.88. The first kappa shape index (κ1) is 16.7. The highest BCUT2D eigenvalue weighted by atomic mass is 16.1. The number of carbonyl (C=O) groups is 1. The Morgan fingerprint density at radius 2 is 1.52 bits per heavy atom. The van der Waals surface area contributed by atoms with Crippen LogP contribution < -0.4 is 10.6 Å². The number of rotatable bonds is 7. The van der Waals surface area contributed by atoms with Crippen molar-refractivity contribution >= 4 is 11.7 Å². The van der Waals surface area contributed by atoms with Crippen molar-refractivity contribution in [3.8, 4) is 0 Å². The molecule has 0 bridgehead atoms. The Labute approximate surface area is 147 Å². The van der Waals surface area contributed by atoms with E-state index in [-0.39, 0.29) is 5.91 Å². The van der Waals surface area contributed by atoms with E-state index in [9.17, 15) is 4.79 Å². The van der Waals surface area contributed by atoms with Gasteiger partial charge in [0.1, 0.15) is 5.82 Å². The molecule has 2 aromatic carbocycles. The van der Waals surface area contributed by atoms with E-state index >= 15 is 0 Å². The number of pyridine rings is 1. The van der Waals surface area contributed by atoms with E-state index in [0.29, 0.717) is 17.9 Å². The molecular weight excluding hydrogens is 310 g/mol. The van der Waals surface area contributed by atoms with Gasteiger partial charge in [-0.15, -0.1) is 0 Å². The van der Waals surface area contributed by atoms with Crippen molar-refractivity contribution in [1.82, 2.24) is 10.3 Å². The molecule has 1 heterocycles. The van der Waals surface area contributed by atoms with E-state index in [1.54, 1.807) is 18.3 Å². The summed E-state index contributed by atoms with van der Waals surface area (Å²) in [5, 5.41) is 6.21. The number of nitrogens with zero attached hydrogens (tertiary/aromatic N) is 1. The van der Waals surface area contributed by atoms with Crippen molar-refractivity contribution < 1.29 is 4.79 Å². The molecular formula is C21H21N3O. The number of hydrogen-bond acceptors (Lipinski definition) is 3. The molecule has 0 saturated heterocycles. The Bertz CT molecular complexity index is 804. The van der Waals surface area contributed by atoms with Crippen molar-refractivity contribution in [3.63, 3.8) is 0 Å². The van der Waals surface area contributed by atoms with Crippen LogP contribution in [0.5, 0.6) is 0 Å². The van der Waals surface area contributed by atoms with E-state index in [0.717, 1.165) is 18.5 Å². The quantitative estimate of drug-likeness (QED) is 0.694. The molecule has 0 aliphatic heterocycles. The smallest absolute Gasteiger partial charge is 0.255 e. The highest BCUT2D eigenvalue weighted by Crippen LogP contribution is 2.12. The van der Waals surface area contributed by atoms with Gasteiger partial charge in [-0.1, -0.05) is 60.7 Å². The molecule has 0 saturated carbocycles. The summed E-state index contributed by atoms with van der Waals surface area (Å²) in [6, 6.07) is 23.7. The van der Waals surface area contributed by atoms with E-state index < -0.39 is 0 Å². The number of nitrogens with one attached hydrogen (secondary N) is 2. The third kappa shape index (κ3) is 4.91. The van der Waals surface area contributed by atoms with Gasteiger partial charge in [-0.3, -0.25) is 4.79 Å². The summed E-state index contributed by atoms with van der Waals surface area (Å²) >= 11 is 0. The maximum atomic E-state index is 12.5. The molecule has 0 aliphatic rings. The van der Waals surface area contributed by atoms with Gasteiger partial charge in [0.15, 0.2) is 0 Å².